The van der Waals surface area contributed by atoms with E-state index in [0.29, 0.717) is 12.1 Å². The summed E-state index contributed by atoms with van der Waals surface area (Å²) in [6.45, 7) is 6.81. The Kier molecular flexibility index (Phi) is 9.58. The lowest BCUT2D eigenvalue weighted by molar-refractivity contribution is -0.141. The number of aliphatic hydroxyl groups excluding tert-OH is 1. The van der Waals surface area contributed by atoms with Gasteiger partial charge in [0.25, 0.3) is 0 Å². The first-order valence-electron chi connectivity index (χ1n) is 9.93. The van der Waals surface area contributed by atoms with E-state index in [1.165, 1.54) is 19.2 Å². The number of carbonyl (C=O) groups excluding carboxylic acids is 3. The third-order valence-corrected chi connectivity index (χ3v) is 4.19. The van der Waals surface area contributed by atoms with E-state index in [1.807, 2.05) is 6.92 Å². The molecule has 2 atom stereocenters. The van der Waals surface area contributed by atoms with E-state index in [0.717, 1.165) is 17.7 Å². The number of phenolic OH excluding ortho intramolecular Hbond substituents is 1. The van der Waals surface area contributed by atoms with Crippen LogP contribution in [0.3, 0.4) is 0 Å². The molecule has 0 spiro atoms. The van der Waals surface area contributed by atoms with Crippen LogP contribution in [0.1, 0.15) is 52.1 Å². The molecule has 0 aromatic heterocycles. The quantitative estimate of drug-likeness (QED) is 0.448. The molecule has 0 saturated carbocycles. The third-order valence-electron chi connectivity index (χ3n) is 4.19. The largest absolute Gasteiger partial charge is 0.508 e. The van der Waals surface area contributed by atoms with Gasteiger partial charge in [0.1, 0.15) is 23.4 Å². The summed E-state index contributed by atoms with van der Waals surface area (Å²) in [7, 11) is 1.42. The molecule has 0 saturated heterocycles. The second kappa shape index (κ2) is 11.4. The highest BCUT2D eigenvalue weighted by molar-refractivity contribution is 5.92. The molecule has 168 valence electrons. The van der Waals surface area contributed by atoms with Gasteiger partial charge < -0.3 is 30.5 Å². The first-order valence-corrected chi connectivity index (χ1v) is 9.93. The number of amides is 3. The Morgan fingerprint density at radius 2 is 1.77 bits per heavy atom. The van der Waals surface area contributed by atoms with Crippen LogP contribution in [0, 0.1) is 0 Å². The van der Waals surface area contributed by atoms with Crippen molar-refractivity contribution < 1.29 is 29.3 Å². The van der Waals surface area contributed by atoms with E-state index in [2.05, 4.69) is 10.6 Å². The van der Waals surface area contributed by atoms with Gasteiger partial charge in [-0.25, -0.2) is 4.79 Å². The standard InChI is InChI=1S/C21H33N3O6/c1-6-7-12-22-18(27)17(14-8-10-15(26)11-9-14)24(5)19(28)16(13-25)23-20(29)30-21(2,3)4/h8-11,16-17,25-26H,6-7,12-13H2,1-5H3,(H,22,27)(H,23,29). The summed E-state index contributed by atoms with van der Waals surface area (Å²) in [6.07, 6.45) is 0.827. The average molecular weight is 424 g/mol. The summed E-state index contributed by atoms with van der Waals surface area (Å²) in [5.74, 6) is -1.04. The van der Waals surface area contributed by atoms with Crippen molar-refractivity contribution in [3.05, 3.63) is 29.8 Å². The molecular weight excluding hydrogens is 390 g/mol. The number of aliphatic hydroxyl groups is 1. The third kappa shape index (κ3) is 7.90. The highest BCUT2D eigenvalue weighted by Crippen LogP contribution is 2.23. The van der Waals surface area contributed by atoms with Gasteiger partial charge in [-0.1, -0.05) is 25.5 Å². The number of rotatable bonds is 9. The normalized spacial score (nSPS) is 13.1. The van der Waals surface area contributed by atoms with Crippen LogP contribution in [-0.4, -0.2) is 64.9 Å². The van der Waals surface area contributed by atoms with Crippen LogP contribution in [0.2, 0.25) is 0 Å². The van der Waals surface area contributed by atoms with Gasteiger partial charge in [0, 0.05) is 13.6 Å². The Labute approximate surface area is 177 Å². The van der Waals surface area contributed by atoms with Gasteiger partial charge in [-0.2, -0.15) is 0 Å². The minimum atomic E-state index is -1.28. The van der Waals surface area contributed by atoms with E-state index in [-0.39, 0.29) is 5.75 Å². The molecule has 0 fully saturated rings. The number of aromatic hydroxyl groups is 1. The highest BCUT2D eigenvalue weighted by Gasteiger charge is 2.33. The van der Waals surface area contributed by atoms with Crippen molar-refractivity contribution >= 4 is 17.9 Å². The molecule has 1 aromatic carbocycles. The lowest BCUT2D eigenvalue weighted by atomic mass is 10.0. The SMILES string of the molecule is CCCCNC(=O)C(c1ccc(O)cc1)N(C)C(=O)C(CO)NC(=O)OC(C)(C)C. The summed E-state index contributed by atoms with van der Waals surface area (Å²) >= 11 is 0. The smallest absolute Gasteiger partial charge is 0.408 e. The molecule has 1 rings (SSSR count). The second-order valence-electron chi connectivity index (χ2n) is 7.97. The van der Waals surface area contributed by atoms with Gasteiger partial charge in [0.05, 0.1) is 6.61 Å². The Bertz CT molecular complexity index is 714. The number of phenols is 1. The lowest BCUT2D eigenvalue weighted by Gasteiger charge is -2.31. The van der Waals surface area contributed by atoms with E-state index in [9.17, 15) is 24.6 Å². The fourth-order valence-electron chi connectivity index (χ4n) is 2.70. The zero-order chi connectivity index (χ0) is 22.9. The molecule has 3 amide bonds. The molecule has 0 radical (unpaired) electrons. The molecule has 2 unspecified atom stereocenters. The number of likely N-dealkylation sites (N-methyl/N-ethyl adjacent to an activating group) is 1. The molecule has 0 heterocycles. The van der Waals surface area contributed by atoms with Crippen LogP contribution in [0.5, 0.6) is 5.75 Å². The number of unbranched alkanes of at least 4 members (excludes halogenated alkanes) is 1. The predicted molar refractivity (Wildman–Crippen MR) is 112 cm³/mol. The van der Waals surface area contributed by atoms with Gasteiger partial charge in [-0.05, 0) is 44.9 Å². The van der Waals surface area contributed by atoms with Crippen molar-refractivity contribution in [3.8, 4) is 5.75 Å². The van der Waals surface area contributed by atoms with Gasteiger partial charge in [0.2, 0.25) is 11.8 Å². The number of alkyl carbamates (subject to hydrolysis) is 1. The zero-order valence-electron chi connectivity index (χ0n) is 18.3. The Morgan fingerprint density at radius 3 is 2.27 bits per heavy atom. The van der Waals surface area contributed by atoms with Gasteiger partial charge in [-0.3, -0.25) is 9.59 Å². The maximum Gasteiger partial charge on any atom is 0.408 e. The maximum absolute atomic E-state index is 13.0. The topological polar surface area (TPSA) is 128 Å². The Balaban J connectivity index is 3.06. The van der Waals surface area contributed by atoms with Gasteiger partial charge >= 0.3 is 6.09 Å². The van der Waals surface area contributed by atoms with E-state index in [4.69, 9.17) is 4.74 Å². The average Bonchev–Trinajstić information content (AvgIpc) is 2.66. The number of carbonyl (C=O) groups is 3. The molecule has 9 heteroatoms. The highest BCUT2D eigenvalue weighted by atomic mass is 16.6. The van der Waals surface area contributed by atoms with Gasteiger partial charge in [0.15, 0.2) is 0 Å². The first kappa shape index (κ1) is 25.2. The summed E-state index contributed by atoms with van der Waals surface area (Å²) in [6, 6.07) is 3.62. The van der Waals surface area contributed by atoms with Crippen LogP contribution in [0.25, 0.3) is 0 Å². The number of nitrogens with zero attached hydrogens (tertiary/aromatic N) is 1. The second-order valence-corrected chi connectivity index (χ2v) is 7.97. The van der Waals surface area contributed by atoms with Gasteiger partial charge in [-0.15, -0.1) is 0 Å². The number of hydrogen-bond acceptors (Lipinski definition) is 6. The van der Waals surface area contributed by atoms with Crippen LogP contribution in [-0.2, 0) is 14.3 Å². The van der Waals surface area contributed by atoms with E-state index < -0.39 is 42.2 Å². The van der Waals surface area contributed by atoms with E-state index >= 15 is 0 Å². The molecule has 0 aliphatic heterocycles. The summed E-state index contributed by atoms with van der Waals surface area (Å²) in [4.78, 5) is 39.0. The van der Waals surface area contributed by atoms with Crippen molar-refractivity contribution in [2.75, 3.05) is 20.2 Å². The van der Waals surface area contributed by atoms with Crippen molar-refractivity contribution in [1.29, 1.82) is 0 Å². The monoisotopic (exact) mass is 423 g/mol. The molecule has 0 aliphatic rings. The molecule has 1 aromatic rings. The number of ether oxygens (including phenoxy) is 1. The van der Waals surface area contributed by atoms with Crippen LogP contribution in [0.4, 0.5) is 4.79 Å². The van der Waals surface area contributed by atoms with Crippen LogP contribution in [0.15, 0.2) is 24.3 Å². The first-order chi connectivity index (χ1) is 14.0. The number of benzene rings is 1. The fourth-order valence-corrected chi connectivity index (χ4v) is 2.70. The molecule has 0 bridgehead atoms. The molecule has 4 N–H and O–H groups in total. The Hall–Kier alpha value is -2.81. The summed E-state index contributed by atoms with van der Waals surface area (Å²) in [5, 5.41) is 24.3. The van der Waals surface area contributed by atoms with Crippen LogP contribution >= 0.6 is 0 Å². The lowest BCUT2D eigenvalue weighted by Crippen LogP contribution is -2.53. The minimum Gasteiger partial charge on any atom is -0.508 e. The van der Waals surface area contributed by atoms with Crippen molar-refractivity contribution in [3.63, 3.8) is 0 Å². The molecular formula is C21H33N3O6. The maximum atomic E-state index is 13.0. The summed E-state index contributed by atoms with van der Waals surface area (Å²) in [5.41, 5.74) is -0.293. The van der Waals surface area contributed by atoms with E-state index in [1.54, 1.807) is 32.9 Å². The van der Waals surface area contributed by atoms with Crippen LogP contribution < -0.4 is 10.6 Å². The minimum absolute atomic E-state index is 0.0256. The number of nitrogens with one attached hydrogen (secondary N) is 2. The van der Waals surface area contributed by atoms with Crippen molar-refractivity contribution in [1.82, 2.24) is 15.5 Å². The predicted octanol–water partition coefficient (Wildman–Crippen LogP) is 1.69. The zero-order valence-corrected chi connectivity index (χ0v) is 18.3. The van der Waals surface area contributed by atoms with Crippen molar-refractivity contribution in [2.24, 2.45) is 0 Å². The molecule has 0 aliphatic carbocycles. The number of hydrogen-bond donors (Lipinski definition) is 4. The fraction of sp³-hybridized carbons (Fsp3) is 0.571. The molecule has 9 nitrogen and oxygen atoms in total. The molecule has 30 heavy (non-hydrogen) atoms. The summed E-state index contributed by atoms with van der Waals surface area (Å²) < 4.78 is 5.13. The van der Waals surface area contributed by atoms with Crippen molar-refractivity contribution in [2.45, 2.75) is 58.2 Å². The Morgan fingerprint density at radius 1 is 1.17 bits per heavy atom.